The fourth-order valence-corrected chi connectivity index (χ4v) is 6.07. The van der Waals surface area contributed by atoms with Gasteiger partial charge in [0.25, 0.3) is 0 Å². The zero-order valence-electron chi connectivity index (χ0n) is 26.1. The summed E-state index contributed by atoms with van der Waals surface area (Å²) in [5, 5.41) is 5.29. The Morgan fingerprint density at radius 2 is 1.22 bits per heavy atom. The van der Waals surface area contributed by atoms with Gasteiger partial charge in [0.2, 0.25) is 5.91 Å². The molecule has 0 spiro atoms. The third kappa shape index (κ3) is 12.5. The standard InChI is InChI=1S/C34H43N2O8P/c1-4-5-21-31(36-34(39)42-23-28-17-11-7-12-18-28)45(40,43-24-29-19-13-8-14-20-29)44-25-30(37)35-32(26(2)3)33(38)41-22-27-15-9-6-10-16-27/h6-20,26,31-32H,4-5,21-25H2,1-3H3,(H,35,37)(H,36,39)/t31?,32-,45?/m0/s1. The van der Waals surface area contributed by atoms with Crippen molar-refractivity contribution in [3.63, 3.8) is 0 Å². The largest absolute Gasteiger partial charge is 0.459 e. The summed E-state index contributed by atoms with van der Waals surface area (Å²) in [6.45, 7) is 4.82. The average molecular weight is 639 g/mol. The van der Waals surface area contributed by atoms with Crippen molar-refractivity contribution in [2.45, 2.75) is 71.7 Å². The van der Waals surface area contributed by atoms with E-state index in [0.717, 1.165) is 23.1 Å². The molecule has 0 radical (unpaired) electrons. The number of ether oxygens (including phenoxy) is 2. The molecule has 2 unspecified atom stereocenters. The molecule has 3 atom stereocenters. The number of unbranched alkanes of at least 4 members (excludes halogenated alkanes) is 1. The first-order valence-electron chi connectivity index (χ1n) is 15.1. The highest BCUT2D eigenvalue weighted by molar-refractivity contribution is 7.54. The summed E-state index contributed by atoms with van der Waals surface area (Å²) in [6, 6.07) is 26.5. The Morgan fingerprint density at radius 1 is 0.711 bits per heavy atom. The van der Waals surface area contributed by atoms with Gasteiger partial charge >= 0.3 is 19.7 Å². The molecule has 45 heavy (non-hydrogen) atoms. The number of hydrogen-bond acceptors (Lipinski definition) is 8. The maximum Gasteiger partial charge on any atom is 0.408 e. The predicted octanol–water partition coefficient (Wildman–Crippen LogP) is 6.74. The lowest BCUT2D eigenvalue weighted by Gasteiger charge is -2.28. The predicted molar refractivity (Wildman–Crippen MR) is 171 cm³/mol. The van der Waals surface area contributed by atoms with E-state index in [2.05, 4.69) is 10.6 Å². The van der Waals surface area contributed by atoms with Gasteiger partial charge in [0.15, 0.2) is 0 Å². The minimum absolute atomic E-state index is 0.0164. The van der Waals surface area contributed by atoms with E-state index in [4.69, 9.17) is 18.5 Å². The average Bonchev–Trinajstić information content (AvgIpc) is 3.06. The number of alkyl carbamates (subject to hydrolysis) is 1. The van der Waals surface area contributed by atoms with Gasteiger partial charge in [-0.3, -0.25) is 13.9 Å². The number of hydrogen-bond donors (Lipinski definition) is 2. The van der Waals surface area contributed by atoms with Gasteiger partial charge in [0, 0.05) is 0 Å². The smallest absolute Gasteiger partial charge is 0.408 e. The number of carbonyl (C=O) groups excluding carboxylic acids is 3. The second-order valence-corrected chi connectivity index (χ2v) is 13.0. The van der Waals surface area contributed by atoms with E-state index in [1.165, 1.54) is 0 Å². The molecule has 0 fully saturated rings. The van der Waals surface area contributed by atoms with Crippen molar-refractivity contribution in [3.05, 3.63) is 108 Å². The van der Waals surface area contributed by atoms with Crippen molar-refractivity contribution in [2.24, 2.45) is 5.92 Å². The van der Waals surface area contributed by atoms with E-state index in [-0.39, 0.29) is 32.2 Å². The molecule has 3 rings (SSSR count). The fourth-order valence-electron chi connectivity index (χ4n) is 4.24. The maximum absolute atomic E-state index is 14.3. The van der Waals surface area contributed by atoms with Crippen molar-refractivity contribution in [1.82, 2.24) is 10.6 Å². The summed E-state index contributed by atoms with van der Waals surface area (Å²) in [7, 11) is -4.16. The Morgan fingerprint density at radius 3 is 1.73 bits per heavy atom. The molecular weight excluding hydrogens is 595 g/mol. The molecule has 11 heteroatoms. The Hall–Kier alpha value is -3.98. The zero-order chi connectivity index (χ0) is 32.5. The third-order valence-corrected chi connectivity index (χ3v) is 8.93. The monoisotopic (exact) mass is 638 g/mol. The van der Waals surface area contributed by atoms with Gasteiger partial charge in [-0.1, -0.05) is 125 Å². The summed E-state index contributed by atoms with van der Waals surface area (Å²) < 4.78 is 36.7. The van der Waals surface area contributed by atoms with Crippen LogP contribution in [0.2, 0.25) is 0 Å². The first-order valence-corrected chi connectivity index (χ1v) is 16.7. The fraction of sp³-hybridized carbons (Fsp3) is 0.382. The highest BCUT2D eigenvalue weighted by Crippen LogP contribution is 2.54. The molecule has 0 bridgehead atoms. The van der Waals surface area contributed by atoms with E-state index >= 15 is 0 Å². The number of rotatable bonds is 18. The second-order valence-electron chi connectivity index (χ2n) is 10.8. The topological polar surface area (TPSA) is 129 Å². The number of carbonyl (C=O) groups is 3. The van der Waals surface area contributed by atoms with Gasteiger partial charge < -0.3 is 24.6 Å². The van der Waals surface area contributed by atoms with Crippen LogP contribution in [0, 0.1) is 5.92 Å². The molecule has 10 nitrogen and oxygen atoms in total. The SMILES string of the molecule is CCCCC(NC(=O)OCc1ccccc1)P(=O)(OCC(=O)N[C@H](C(=O)OCc1ccccc1)C(C)C)OCc1ccccc1. The van der Waals surface area contributed by atoms with Crippen molar-refractivity contribution >= 4 is 25.6 Å². The van der Waals surface area contributed by atoms with Crippen LogP contribution < -0.4 is 10.6 Å². The van der Waals surface area contributed by atoms with Gasteiger partial charge in [0.05, 0.1) is 6.61 Å². The maximum atomic E-state index is 14.3. The zero-order valence-corrected chi connectivity index (χ0v) is 26.9. The van der Waals surface area contributed by atoms with Crippen LogP contribution in [0.1, 0.15) is 56.7 Å². The highest BCUT2D eigenvalue weighted by Gasteiger charge is 2.39. The minimum Gasteiger partial charge on any atom is -0.459 e. The molecule has 2 amide bonds. The quantitative estimate of drug-likeness (QED) is 0.116. The summed E-state index contributed by atoms with van der Waals surface area (Å²) in [4.78, 5) is 38.7. The van der Waals surface area contributed by atoms with Gasteiger partial charge in [-0.2, -0.15) is 0 Å². The first-order chi connectivity index (χ1) is 21.7. The molecule has 3 aromatic carbocycles. The lowest BCUT2D eigenvalue weighted by Crippen LogP contribution is -2.46. The van der Waals surface area contributed by atoms with Crippen molar-refractivity contribution in [1.29, 1.82) is 0 Å². The van der Waals surface area contributed by atoms with Gasteiger partial charge in [-0.25, -0.2) is 9.59 Å². The summed E-state index contributed by atoms with van der Waals surface area (Å²) >= 11 is 0. The number of benzene rings is 3. The molecule has 0 saturated carbocycles. The molecule has 0 saturated heterocycles. The minimum atomic E-state index is -4.16. The molecule has 3 aromatic rings. The van der Waals surface area contributed by atoms with Gasteiger partial charge in [-0.05, 0) is 29.0 Å². The van der Waals surface area contributed by atoms with E-state index < -0.39 is 44.0 Å². The molecule has 0 aliphatic heterocycles. The van der Waals surface area contributed by atoms with Crippen LogP contribution in [0.5, 0.6) is 0 Å². The molecule has 0 heterocycles. The van der Waals surface area contributed by atoms with Gasteiger partial charge in [0.1, 0.15) is 31.6 Å². The van der Waals surface area contributed by atoms with Crippen LogP contribution in [0.4, 0.5) is 4.79 Å². The van der Waals surface area contributed by atoms with Crippen LogP contribution in [-0.4, -0.2) is 36.4 Å². The Kier molecular flexibility index (Phi) is 14.8. The first kappa shape index (κ1) is 35.5. The highest BCUT2D eigenvalue weighted by atomic mass is 31.2. The van der Waals surface area contributed by atoms with Crippen LogP contribution in [-0.2, 0) is 52.5 Å². The molecule has 0 aliphatic rings. The second kappa shape index (κ2) is 18.7. The number of amides is 2. The van der Waals surface area contributed by atoms with Crippen molar-refractivity contribution < 1.29 is 37.5 Å². The number of nitrogens with one attached hydrogen (secondary N) is 2. The normalized spacial score (nSPS) is 13.7. The molecule has 0 aromatic heterocycles. The lowest BCUT2D eigenvalue weighted by atomic mass is 10.0. The van der Waals surface area contributed by atoms with Crippen LogP contribution in [0.15, 0.2) is 91.0 Å². The van der Waals surface area contributed by atoms with Crippen LogP contribution in [0.25, 0.3) is 0 Å². The Bertz CT molecular complexity index is 1370. The van der Waals surface area contributed by atoms with E-state index in [1.807, 2.05) is 85.8 Å². The van der Waals surface area contributed by atoms with Crippen molar-refractivity contribution in [3.8, 4) is 0 Å². The van der Waals surface area contributed by atoms with Crippen LogP contribution in [0.3, 0.4) is 0 Å². The van der Waals surface area contributed by atoms with E-state index in [0.29, 0.717) is 6.42 Å². The third-order valence-electron chi connectivity index (χ3n) is 6.80. The summed E-state index contributed by atoms with van der Waals surface area (Å²) in [6.07, 6.45) is 0.806. The number of esters is 1. The molecule has 242 valence electrons. The van der Waals surface area contributed by atoms with E-state index in [9.17, 15) is 18.9 Å². The van der Waals surface area contributed by atoms with Gasteiger partial charge in [-0.15, -0.1) is 0 Å². The van der Waals surface area contributed by atoms with Crippen LogP contribution >= 0.6 is 7.60 Å². The van der Waals surface area contributed by atoms with Crippen molar-refractivity contribution in [2.75, 3.05) is 6.61 Å². The molecule has 2 N–H and O–H groups in total. The lowest BCUT2D eigenvalue weighted by molar-refractivity contribution is -0.150. The summed E-state index contributed by atoms with van der Waals surface area (Å²) in [5.41, 5.74) is 2.33. The summed E-state index contributed by atoms with van der Waals surface area (Å²) in [5.74, 6) is -2.67. The molecule has 0 aliphatic carbocycles. The Balaban J connectivity index is 1.70. The Labute approximate surface area is 265 Å². The molecular formula is C34H43N2O8P. The van der Waals surface area contributed by atoms with E-state index in [1.54, 1.807) is 26.0 Å².